The minimum absolute atomic E-state index is 0.0642. The highest BCUT2D eigenvalue weighted by molar-refractivity contribution is 5.50. The van der Waals surface area contributed by atoms with E-state index in [2.05, 4.69) is 0 Å². The lowest BCUT2D eigenvalue weighted by Crippen LogP contribution is -2.20. The van der Waals surface area contributed by atoms with E-state index in [0.717, 1.165) is 24.0 Å². The van der Waals surface area contributed by atoms with Crippen molar-refractivity contribution in [2.75, 3.05) is 0 Å². The normalized spacial score (nSPS) is 10.4. The van der Waals surface area contributed by atoms with Crippen LogP contribution in [0.4, 0.5) is 0 Å². The largest absolute Gasteiger partial charge is 0.332 e. The lowest BCUT2D eigenvalue weighted by Gasteiger charge is -2.03. The summed E-state index contributed by atoms with van der Waals surface area (Å²) >= 11 is 0. The average molecular weight is 230 g/mol. The quantitative estimate of drug-likeness (QED) is 0.743. The van der Waals surface area contributed by atoms with Gasteiger partial charge in [0, 0.05) is 25.9 Å². The number of aromatic nitrogens is 2. The average Bonchev–Trinajstić information content (AvgIpc) is 2.68. The second-order valence-corrected chi connectivity index (χ2v) is 3.93. The maximum Gasteiger partial charge on any atom is 0.332 e. The van der Waals surface area contributed by atoms with Gasteiger partial charge in [0.15, 0.2) is 0 Å². The van der Waals surface area contributed by atoms with Crippen molar-refractivity contribution in [3.8, 4) is 5.69 Å². The second kappa shape index (κ2) is 4.82. The Morgan fingerprint density at radius 1 is 1.18 bits per heavy atom. The number of aryl methyl sites for hydroxylation is 2. The minimum atomic E-state index is -0.0642. The van der Waals surface area contributed by atoms with E-state index in [-0.39, 0.29) is 5.69 Å². The number of carbonyl (C=O) groups is 1. The van der Waals surface area contributed by atoms with Gasteiger partial charge in [-0.1, -0.05) is 12.1 Å². The van der Waals surface area contributed by atoms with Crippen molar-refractivity contribution < 1.29 is 4.79 Å². The Kier molecular flexibility index (Phi) is 3.23. The van der Waals surface area contributed by atoms with Gasteiger partial charge in [-0.2, -0.15) is 0 Å². The summed E-state index contributed by atoms with van der Waals surface area (Å²) in [4.78, 5) is 22.0. The first kappa shape index (κ1) is 11.4. The minimum Gasteiger partial charge on any atom is -0.303 e. The molecule has 2 aromatic rings. The van der Waals surface area contributed by atoms with Crippen LogP contribution in [0.3, 0.4) is 0 Å². The fourth-order valence-electron chi connectivity index (χ4n) is 1.71. The maximum atomic E-state index is 11.7. The second-order valence-electron chi connectivity index (χ2n) is 3.93. The third kappa shape index (κ3) is 2.36. The summed E-state index contributed by atoms with van der Waals surface area (Å²) in [6.45, 7) is 0. The van der Waals surface area contributed by atoms with E-state index < -0.39 is 0 Å². The summed E-state index contributed by atoms with van der Waals surface area (Å²) in [7, 11) is 1.72. The standard InChI is InChI=1S/C13H14N2O2/c1-14-8-9-15(13(14)17)12-6-4-11(5-7-12)3-2-10-16/h4-10H,2-3H2,1H3. The summed E-state index contributed by atoms with van der Waals surface area (Å²) < 4.78 is 3.11. The van der Waals surface area contributed by atoms with Crippen molar-refractivity contribution >= 4 is 6.29 Å². The molecule has 2 rings (SSSR count). The molecule has 1 aromatic heterocycles. The van der Waals surface area contributed by atoms with Crippen LogP contribution in [-0.2, 0) is 18.3 Å². The van der Waals surface area contributed by atoms with Gasteiger partial charge in [0.25, 0.3) is 0 Å². The number of nitrogens with zero attached hydrogens (tertiary/aromatic N) is 2. The van der Waals surface area contributed by atoms with Crippen molar-refractivity contribution in [2.45, 2.75) is 12.8 Å². The monoisotopic (exact) mass is 230 g/mol. The third-order valence-electron chi connectivity index (χ3n) is 2.71. The molecule has 0 saturated carbocycles. The van der Waals surface area contributed by atoms with Crippen LogP contribution < -0.4 is 5.69 Å². The number of benzene rings is 1. The third-order valence-corrected chi connectivity index (χ3v) is 2.71. The summed E-state index contributed by atoms with van der Waals surface area (Å²) in [5.74, 6) is 0. The van der Waals surface area contributed by atoms with E-state index in [1.807, 2.05) is 24.3 Å². The molecule has 0 fully saturated rings. The van der Waals surface area contributed by atoms with Gasteiger partial charge < -0.3 is 9.36 Å². The number of hydrogen-bond acceptors (Lipinski definition) is 2. The molecular weight excluding hydrogens is 216 g/mol. The lowest BCUT2D eigenvalue weighted by atomic mass is 10.1. The first-order valence-corrected chi connectivity index (χ1v) is 5.49. The molecule has 0 spiro atoms. The number of aldehydes is 1. The molecule has 0 aliphatic carbocycles. The molecule has 0 atom stereocenters. The van der Waals surface area contributed by atoms with Gasteiger partial charge >= 0.3 is 5.69 Å². The summed E-state index contributed by atoms with van der Waals surface area (Å²) in [5, 5.41) is 0. The van der Waals surface area contributed by atoms with E-state index in [0.29, 0.717) is 6.42 Å². The van der Waals surface area contributed by atoms with Gasteiger partial charge in [0.05, 0.1) is 5.69 Å². The topological polar surface area (TPSA) is 44.0 Å². The van der Waals surface area contributed by atoms with E-state index in [1.165, 1.54) is 4.57 Å². The number of imidazole rings is 1. The van der Waals surface area contributed by atoms with Crippen molar-refractivity contribution in [3.05, 3.63) is 52.7 Å². The Hall–Kier alpha value is -2.10. The van der Waals surface area contributed by atoms with Crippen molar-refractivity contribution in [3.63, 3.8) is 0 Å². The number of carbonyl (C=O) groups excluding carboxylic acids is 1. The molecule has 0 aliphatic rings. The summed E-state index contributed by atoms with van der Waals surface area (Å²) in [6.07, 6.45) is 5.65. The fraction of sp³-hybridized carbons (Fsp3) is 0.231. The van der Waals surface area contributed by atoms with Gasteiger partial charge in [0.1, 0.15) is 6.29 Å². The first-order chi connectivity index (χ1) is 8.22. The van der Waals surface area contributed by atoms with E-state index in [9.17, 15) is 9.59 Å². The molecule has 17 heavy (non-hydrogen) atoms. The van der Waals surface area contributed by atoms with Crippen LogP contribution in [0.5, 0.6) is 0 Å². The fourth-order valence-corrected chi connectivity index (χ4v) is 1.71. The van der Waals surface area contributed by atoms with Gasteiger partial charge in [0.2, 0.25) is 0 Å². The Bertz CT molecular complexity index is 564. The number of rotatable bonds is 4. The SMILES string of the molecule is Cn1ccn(-c2ccc(CCC=O)cc2)c1=O. The molecule has 1 heterocycles. The van der Waals surface area contributed by atoms with Crippen LogP contribution in [0.15, 0.2) is 41.5 Å². The highest BCUT2D eigenvalue weighted by Crippen LogP contribution is 2.09. The Labute approximate surface area is 99.1 Å². The first-order valence-electron chi connectivity index (χ1n) is 5.49. The molecule has 0 aliphatic heterocycles. The molecule has 0 bridgehead atoms. The molecule has 88 valence electrons. The van der Waals surface area contributed by atoms with E-state index in [1.54, 1.807) is 24.0 Å². The molecule has 0 unspecified atom stereocenters. The molecule has 0 radical (unpaired) electrons. The zero-order chi connectivity index (χ0) is 12.3. The molecule has 0 N–H and O–H groups in total. The van der Waals surface area contributed by atoms with Crippen molar-refractivity contribution in [1.82, 2.24) is 9.13 Å². The lowest BCUT2D eigenvalue weighted by molar-refractivity contribution is -0.107. The molecule has 0 amide bonds. The highest BCUT2D eigenvalue weighted by atomic mass is 16.1. The number of hydrogen-bond donors (Lipinski definition) is 0. The smallest absolute Gasteiger partial charge is 0.303 e. The predicted octanol–water partition coefficient (Wildman–Crippen LogP) is 1.31. The Morgan fingerprint density at radius 3 is 2.41 bits per heavy atom. The van der Waals surface area contributed by atoms with Crippen LogP contribution in [0.1, 0.15) is 12.0 Å². The van der Waals surface area contributed by atoms with Crippen molar-refractivity contribution in [1.29, 1.82) is 0 Å². The Morgan fingerprint density at radius 2 is 1.88 bits per heavy atom. The Balaban J connectivity index is 2.26. The molecule has 4 heteroatoms. The van der Waals surface area contributed by atoms with Gasteiger partial charge in [-0.15, -0.1) is 0 Å². The van der Waals surface area contributed by atoms with E-state index in [4.69, 9.17) is 0 Å². The maximum absolute atomic E-state index is 11.7. The predicted molar refractivity (Wildman–Crippen MR) is 65.4 cm³/mol. The summed E-state index contributed by atoms with van der Waals surface area (Å²) in [6, 6.07) is 7.67. The zero-order valence-corrected chi connectivity index (χ0v) is 9.67. The zero-order valence-electron chi connectivity index (χ0n) is 9.67. The highest BCUT2D eigenvalue weighted by Gasteiger charge is 2.02. The van der Waals surface area contributed by atoms with Gasteiger partial charge in [-0.05, 0) is 24.1 Å². The van der Waals surface area contributed by atoms with Crippen LogP contribution in [0.2, 0.25) is 0 Å². The van der Waals surface area contributed by atoms with E-state index >= 15 is 0 Å². The van der Waals surface area contributed by atoms with Crippen LogP contribution in [0.25, 0.3) is 5.69 Å². The molecular formula is C13H14N2O2. The van der Waals surface area contributed by atoms with Gasteiger partial charge in [-0.3, -0.25) is 4.57 Å². The van der Waals surface area contributed by atoms with Crippen molar-refractivity contribution in [2.24, 2.45) is 7.05 Å². The molecule has 1 aromatic carbocycles. The molecule has 0 saturated heterocycles. The van der Waals surface area contributed by atoms with Gasteiger partial charge in [-0.25, -0.2) is 4.79 Å². The van der Waals surface area contributed by atoms with Crippen LogP contribution >= 0.6 is 0 Å². The van der Waals surface area contributed by atoms with Crippen LogP contribution in [0, 0.1) is 0 Å². The summed E-state index contributed by atoms with van der Waals surface area (Å²) in [5.41, 5.74) is 1.88. The molecule has 4 nitrogen and oxygen atoms in total. The van der Waals surface area contributed by atoms with Crippen LogP contribution in [-0.4, -0.2) is 15.4 Å².